The van der Waals surface area contributed by atoms with Gasteiger partial charge < -0.3 is 15.8 Å². The number of hydrogen-bond donors (Lipinski definition) is 2. The first-order valence-electron chi connectivity index (χ1n) is 6.24. The second kappa shape index (κ2) is 4.72. The molecule has 0 radical (unpaired) electrons. The van der Waals surface area contributed by atoms with Crippen molar-refractivity contribution >= 4 is 5.91 Å². The van der Waals surface area contributed by atoms with E-state index in [0.29, 0.717) is 0 Å². The van der Waals surface area contributed by atoms with Crippen molar-refractivity contribution < 1.29 is 9.53 Å². The van der Waals surface area contributed by atoms with Gasteiger partial charge in [-0.25, -0.2) is 0 Å². The maximum Gasteiger partial charge on any atom is 0.223 e. The Kier molecular flexibility index (Phi) is 3.50. The SMILES string of the molecule is CC1(NC(=O)C2CCC(N)C2)CCOCC1. The third-order valence-electron chi connectivity index (χ3n) is 3.87. The molecule has 0 aromatic carbocycles. The summed E-state index contributed by atoms with van der Waals surface area (Å²) in [6, 6.07) is 0.221. The van der Waals surface area contributed by atoms with Crippen LogP contribution in [0.5, 0.6) is 0 Å². The zero-order valence-electron chi connectivity index (χ0n) is 10.00. The van der Waals surface area contributed by atoms with Crippen LogP contribution in [-0.2, 0) is 9.53 Å². The number of rotatable bonds is 2. The Bertz CT molecular complexity index is 262. The zero-order valence-corrected chi connectivity index (χ0v) is 10.00. The monoisotopic (exact) mass is 226 g/mol. The van der Waals surface area contributed by atoms with E-state index in [1.165, 1.54) is 0 Å². The number of amides is 1. The normalized spacial score (nSPS) is 33.6. The largest absolute Gasteiger partial charge is 0.381 e. The van der Waals surface area contributed by atoms with Crippen LogP contribution in [0.2, 0.25) is 0 Å². The minimum atomic E-state index is -0.0674. The average molecular weight is 226 g/mol. The van der Waals surface area contributed by atoms with E-state index in [1.54, 1.807) is 0 Å². The second-order valence-electron chi connectivity index (χ2n) is 5.43. The van der Waals surface area contributed by atoms with Gasteiger partial charge in [-0.2, -0.15) is 0 Å². The number of carbonyl (C=O) groups is 1. The molecular weight excluding hydrogens is 204 g/mol. The van der Waals surface area contributed by atoms with Crippen LogP contribution in [-0.4, -0.2) is 30.7 Å². The van der Waals surface area contributed by atoms with Gasteiger partial charge in [-0.15, -0.1) is 0 Å². The van der Waals surface area contributed by atoms with Gasteiger partial charge in [0, 0.05) is 30.7 Å². The second-order valence-corrected chi connectivity index (χ2v) is 5.43. The Morgan fingerprint density at radius 1 is 1.38 bits per heavy atom. The minimum Gasteiger partial charge on any atom is -0.381 e. The van der Waals surface area contributed by atoms with Gasteiger partial charge in [-0.1, -0.05) is 0 Å². The summed E-state index contributed by atoms with van der Waals surface area (Å²) in [5.41, 5.74) is 5.76. The van der Waals surface area contributed by atoms with Crippen molar-refractivity contribution in [1.29, 1.82) is 0 Å². The van der Waals surface area contributed by atoms with Gasteiger partial charge in [-0.05, 0) is 39.0 Å². The summed E-state index contributed by atoms with van der Waals surface area (Å²) in [6.45, 7) is 3.62. The molecule has 2 unspecified atom stereocenters. The fourth-order valence-corrected chi connectivity index (χ4v) is 2.60. The van der Waals surface area contributed by atoms with Crippen LogP contribution in [0, 0.1) is 5.92 Å². The Labute approximate surface area is 96.9 Å². The number of nitrogens with two attached hydrogens (primary N) is 1. The highest BCUT2D eigenvalue weighted by Gasteiger charge is 2.34. The lowest BCUT2D eigenvalue weighted by Gasteiger charge is -2.35. The lowest BCUT2D eigenvalue weighted by Crippen LogP contribution is -2.51. The van der Waals surface area contributed by atoms with Gasteiger partial charge in [0.25, 0.3) is 0 Å². The summed E-state index contributed by atoms with van der Waals surface area (Å²) in [7, 11) is 0. The van der Waals surface area contributed by atoms with Crippen LogP contribution in [0.15, 0.2) is 0 Å². The maximum absolute atomic E-state index is 12.1. The maximum atomic E-state index is 12.1. The number of ether oxygens (including phenoxy) is 1. The highest BCUT2D eigenvalue weighted by Crippen LogP contribution is 2.26. The van der Waals surface area contributed by atoms with E-state index >= 15 is 0 Å². The average Bonchev–Trinajstić information content (AvgIpc) is 2.65. The van der Waals surface area contributed by atoms with E-state index in [4.69, 9.17) is 10.5 Å². The standard InChI is InChI=1S/C12H22N2O2/c1-12(4-6-16-7-5-12)14-11(15)9-2-3-10(13)8-9/h9-10H,2-8,13H2,1H3,(H,14,15). The van der Waals surface area contributed by atoms with E-state index in [0.717, 1.165) is 45.3 Å². The van der Waals surface area contributed by atoms with Crippen molar-refractivity contribution in [1.82, 2.24) is 5.32 Å². The summed E-state index contributed by atoms with van der Waals surface area (Å²) < 4.78 is 5.32. The van der Waals surface area contributed by atoms with E-state index < -0.39 is 0 Å². The van der Waals surface area contributed by atoms with Gasteiger partial charge in [-0.3, -0.25) is 4.79 Å². The number of carbonyl (C=O) groups excluding carboxylic acids is 1. The van der Waals surface area contributed by atoms with Gasteiger partial charge in [0.2, 0.25) is 5.91 Å². The molecule has 2 aliphatic rings. The molecule has 0 bridgehead atoms. The quantitative estimate of drug-likeness (QED) is 0.732. The minimum absolute atomic E-state index is 0.0674. The van der Waals surface area contributed by atoms with Crippen molar-refractivity contribution in [2.75, 3.05) is 13.2 Å². The van der Waals surface area contributed by atoms with Crippen LogP contribution < -0.4 is 11.1 Å². The van der Waals surface area contributed by atoms with Gasteiger partial charge in [0.15, 0.2) is 0 Å². The molecule has 0 aromatic heterocycles. The molecular formula is C12H22N2O2. The Balaban J connectivity index is 1.86. The molecule has 0 aromatic rings. The molecule has 92 valence electrons. The smallest absolute Gasteiger partial charge is 0.223 e. The fraction of sp³-hybridized carbons (Fsp3) is 0.917. The molecule has 2 atom stereocenters. The first-order chi connectivity index (χ1) is 7.59. The zero-order chi connectivity index (χ0) is 11.6. The molecule has 2 fully saturated rings. The molecule has 1 heterocycles. The first kappa shape index (κ1) is 11.9. The molecule has 1 amide bonds. The van der Waals surface area contributed by atoms with E-state index in [2.05, 4.69) is 12.2 Å². The molecule has 3 N–H and O–H groups in total. The Morgan fingerprint density at radius 3 is 2.62 bits per heavy atom. The van der Waals surface area contributed by atoms with Crippen LogP contribution >= 0.6 is 0 Å². The van der Waals surface area contributed by atoms with Crippen LogP contribution in [0.3, 0.4) is 0 Å². The highest BCUT2D eigenvalue weighted by atomic mass is 16.5. The Hall–Kier alpha value is -0.610. The van der Waals surface area contributed by atoms with Crippen molar-refractivity contribution in [3.8, 4) is 0 Å². The third-order valence-corrected chi connectivity index (χ3v) is 3.87. The molecule has 16 heavy (non-hydrogen) atoms. The number of nitrogens with one attached hydrogen (secondary N) is 1. The molecule has 1 saturated heterocycles. The van der Waals surface area contributed by atoms with Crippen LogP contribution in [0.4, 0.5) is 0 Å². The van der Waals surface area contributed by atoms with Crippen molar-refractivity contribution in [3.05, 3.63) is 0 Å². The predicted molar refractivity (Wildman–Crippen MR) is 61.9 cm³/mol. The summed E-state index contributed by atoms with van der Waals surface area (Å²) >= 11 is 0. The summed E-state index contributed by atoms with van der Waals surface area (Å²) in [5, 5.41) is 3.18. The third kappa shape index (κ3) is 2.74. The van der Waals surface area contributed by atoms with Gasteiger partial charge in [0.05, 0.1) is 0 Å². The van der Waals surface area contributed by atoms with Crippen molar-refractivity contribution in [3.63, 3.8) is 0 Å². The molecule has 0 spiro atoms. The van der Waals surface area contributed by atoms with Gasteiger partial charge in [0.1, 0.15) is 0 Å². The van der Waals surface area contributed by atoms with Gasteiger partial charge >= 0.3 is 0 Å². The molecule has 1 aliphatic carbocycles. The summed E-state index contributed by atoms with van der Waals surface area (Å²) in [6.07, 6.45) is 4.60. The lowest BCUT2D eigenvalue weighted by molar-refractivity contribution is -0.127. The molecule has 4 nitrogen and oxygen atoms in total. The molecule has 1 aliphatic heterocycles. The first-order valence-corrected chi connectivity index (χ1v) is 6.24. The number of hydrogen-bond acceptors (Lipinski definition) is 3. The summed E-state index contributed by atoms with van der Waals surface area (Å²) in [5.74, 6) is 0.326. The van der Waals surface area contributed by atoms with Crippen LogP contribution in [0.1, 0.15) is 39.0 Å². The molecule has 2 rings (SSSR count). The van der Waals surface area contributed by atoms with Crippen LogP contribution in [0.25, 0.3) is 0 Å². The lowest BCUT2D eigenvalue weighted by atomic mass is 9.91. The highest BCUT2D eigenvalue weighted by molar-refractivity contribution is 5.79. The molecule has 1 saturated carbocycles. The topological polar surface area (TPSA) is 64.4 Å². The van der Waals surface area contributed by atoms with E-state index in [-0.39, 0.29) is 23.4 Å². The van der Waals surface area contributed by atoms with E-state index in [1.807, 2.05) is 0 Å². The van der Waals surface area contributed by atoms with Crippen molar-refractivity contribution in [2.45, 2.75) is 50.6 Å². The fourth-order valence-electron chi connectivity index (χ4n) is 2.60. The van der Waals surface area contributed by atoms with Crippen molar-refractivity contribution in [2.24, 2.45) is 11.7 Å². The molecule has 4 heteroatoms. The van der Waals surface area contributed by atoms with E-state index in [9.17, 15) is 4.79 Å². The summed E-state index contributed by atoms with van der Waals surface area (Å²) in [4.78, 5) is 12.1. The Morgan fingerprint density at radius 2 is 2.06 bits per heavy atom. The predicted octanol–water partition coefficient (Wildman–Crippen LogP) is 0.799.